The van der Waals surface area contributed by atoms with Crippen molar-refractivity contribution in [2.24, 2.45) is 0 Å². The highest BCUT2D eigenvalue weighted by Crippen LogP contribution is 2.31. The molecule has 0 aliphatic heterocycles. The average Bonchev–Trinajstić information content (AvgIpc) is 3.21. The number of fused-ring (bicyclic) bond motifs is 3. The van der Waals surface area contributed by atoms with Gasteiger partial charge in [0.05, 0.1) is 17.5 Å². The minimum absolute atomic E-state index is 0.0840. The minimum atomic E-state index is -0.239. The van der Waals surface area contributed by atoms with Gasteiger partial charge in [-0.15, -0.1) is 11.3 Å². The lowest BCUT2D eigenvalue weighted by Gasteiger charge is -2.07. The second-order valence-corrected chi connectivity index (χ2v) is 9.03. The molecule has 0 spiro atoms. The Bertz CT molecular complexity index is 1510. The maximum atomic E-state index is 13.0. The van der Waals surface area contributed by atoms with Crippen LogP contribution < -0.4 is 10.9 Å². The molecule has 0 unspecified atom stereocenters. The number of halogens is 1. The molecule has 1 amide bonds. The van der Waals surface area contributed by atoms with Crippen molar-refractivity contribution in [3.8, 4) is 11.3 Å². The molecule has 0 aliphatic rings. The SMILES string of the molecule is O=C(Cn1cnc2c(sc3nc(-c4ccccc4)ccc32)c1=O)NCCc1ccc(Cl)cc1. The topological polar surface area (TPSA) is 76.9 Å². The molecule has 8 heteroatoms. The van der Waals surface area contributed by atoms with Gasteiger partial charge in [-0.25, -0.2) is 9.97 Å². The molecule has 0 saturated heterocycles. The summed E-state index contributed by atoms with van der Waals surface area (Å²) >= 11 is 7.20. The van der Waals surface area contributed by atoms with E-state index in [1.54, 1.807) is 0 Å². The normalized spacial score (nSPS) is 11.2. The van der Waals surface area contributed by atoms with Crippen LogP contribution in [0.5, 0.6) is 0 Å². The fourth-order valence-electron chi connectivity index (χ4n) is 3.64. The molecule has 3 heterocycles. The predicted molar refractivity (Wildman–Crippen MR) is 133 cm³/mol. The molecule has 6 nitrogen and oxygen atoms in total. The molecule has 0 aliphatic carbocycles. The summed E-state index contributed by atoms with van der Waals surface area (Å²) in [5, 5.41) is 4.37. The third kappa shape index (κ3) is 4.51. The lowest BCUT2D eigenvalue weighted by molar-refractivity contribution is -0.121. The van der Waals surface area contributed by atoms with Crippen LogP contribution in [0.3, 0.4) is 0 Å². The summed E-state index contributed by atoms with van der Waals surface area (Å²) in [6, 6.07) is 21.3. The Labute approximate surface area is 198 Å². The van der Waals surface area contributed by atoms with Crippen molar-refractivity contribution < 1.29 is 4.79 Å². The first-order valence-corrected chi connectivity index (χ1v) is 11.6. The Kier molecular flexibility index (Phi) is 5.90. The Morgan fingerprint density at radius 3 is 2.61 bits per heavy atom. The predicted octanol–water partition coefficient (Wildman–Crippen LogP) is 4.69. The maximum absolute atomic E-state index is 13.0. The molecular weight excluding hydrogens is 456 g/mol. The van der Waals surface area contributed by atoms with Crippen LogP contribution in [0.15, 0.2) is 77.9 Å². The Balaban J connectivity index is 1.34. The van der Waals surface area contributed by atoms with E-state index in [1.165, 1.54) is 22.2 Å². The van der Waals surface area contributed by atoms with E-state index in [-0.39, 0.29) is 18.0 Å². The number of amides is 1. The van der Waals surface area contributed by atoms with Gasteiger partial charge in [0.15, 0.2) is 0 Å². The molecular formula is C25H19ClN4O2S. The number of pyridine rings is 1. The zero-order valence-corrected chi connectivity index (χ0v) is 19.1. The van der Waals surface area contributed by atoms with Crippen molar-refractivity contribution in [1.82, 2.24) is 19.9 Å². The van der Waals surface area contributed by atoms with Crippen molar-refractivity contribution in [2.45, 2.75) is 13.0 Å². The number of rotatable bonds is 6. The van der Waals surface area contributed by atoms with E-state index < -0.39 is 0 Å². The average molecular weight is 475 g/mol. The van der Waals surface area contributed by atoms with Crippen LogP contribution in [-0.4, -0.2) is 27.0 Å². The van der Waals surface area contributed by atoms with Crippen LogP contribution in [0.1, 0.15) is 5.56 Å². The second-order valence-electron chi connectivity index (χ2n) is 7.60. The summed E-state index contributed by atoms with van der Waals surface area (Å²) in [7, 11) is 0. The van der Waals surface area contributed by atoms with Crippen molar-refractivity contribution in [3.05, 3.63) is 94.0 Å². The highest BCUT2D eigenvalue weighted by molar-refractivity contribution is 7.25. The van der Waals surface area contributed by atoms with Gasteiger partial charge < -0.3 is 5.32 Å². The molecule has 0 saturated carbocycles. The molecule has 5 aromatic rings. The van der Waals surface area contributed by atoms with Crippen LogP contribution >= 0.6 is 22.9 Å². The molecule has 0 bridgehead atoms. The summed E-state index contributed by atoms with van der Waals surface area (Å²) in [5.41, 5.74) is 3.31. The number of aromatic nitrogens is 3. The standard InChI is InChI=1S/C25H19ClN4O2S/c26-18-8-6-16(7-9-18)12-13-27-21(31)14-30-15-28-22-19-10-11-20(17-4-2-1-3-5-17)29-24(19)33-23(22)25(30)32/h1-11,15H,12-14H2,(H,27,31). The molecule has 0 fully saturated rings. The summed E-state index contributed by atoms with van der Waals surface area (Å²) < 4.78 is 1.84. The van der Waals surface area contributed by atoms with Crippen LogP contribution in [0, 0.1) is 0 Å². The number of carbonyl (C=O) groups excluding carboxylic acids is 1. The van der Waals surface area contributed by atoms with Crippen molar-refractivity contribution >= 4 is 49.3 Å². The molecule has 3 aromatic heterocycles. The highest BCUT2D eigenvalue weighted by Gasteiger charge is 2.15. The van der Waals surface area contributed by atoms with Gasteiger partial charge in [0.2, 0.25) is 5.91 Å². The Hall–Kier alpha value is -3.55. The van der Waals surface area contributed by atoms with E-state index >= 15 is 0 Å². The van der Waals surface area contributed by atoms with Gasteiger partial charge in [-0.05, 0) is 36.2 Å². The van der Waals surface area contributed by atoms with Gasteiger partial charge >= 0.3 is 0 Å². The van der Waals surface area contributed by atoms with E-state index in [2.05, 4.69) is 10.3 Å². The van der Waals surface area contributed by atoms with E-state index in [0.29, 0.717) is 28.2 Å². The minimum Gasteiger partial charge on any atom is -0.354 e. The summed E-state index contributed by atoms with van der Waals surface area (Å²) in [5.74, 6) is -0.238. The Morgan fingerprint density at radius 1 is 1.03 bits per heavy atom. The molecule has 0 radical (unpaired) electrons. The monoisotopic (exact) mass is 474 g/mol. The van der Waals surface area contributed by atoms with Gasteiger partial charge in [0.25, 0.3) is 5.56 Å². The first-order chi connectivity index (χ1) is 16.1. The lowest BCUT2D eigenvalue weighted by Crippen LogP contribution is -2.33. The summed E-state index contributed by atoms with van der Waals surface area (Å²) in [6.07, 6.45) is 2.11. The maximum Gasteiger partial charge on any atom is 0.271 e. The smallest absolute Gasteiger partial charge is 0.271 e. The first kappa shape index (κ1) is 21.3. The van der Waals surface area contributed by atoms with Gasteiger partial charge in [-0.1, -0.05) is 54.1 Å². The van der Waals surface area contributed by atoms with E-state index in [1.807, 2.05) is 66.7 Å². The quantitative estimate of drug-likeness (QED) is 0.387. The number of nitrogens with one attached hydrogen (secondary N) is 1. The third-order valence-corrected chi connectivity index (χ3v) is 6.67. The second kappa shape index (κ2) is 9.13. The third-order valence-electron chi connectivity index (χ3n) is 5.34. The molecule has 33 heavy (non-hydrogen) atoms. The van der Waals surface area contributed by atoms with Crippen molar-refractivity contribution in [1.29, 1.82) is 0 Å². The number of benzene rings is 2. The van der Waals surface area contributed by atoms with E-state index in [9.17, 15) is 9.59 Å². The number of nitrogens with zero attached hydrogens (tertiary/aromatic N) is 3. The van der Waals surface area contributed by atoms with E-state index in [4.69, 9.17) is 16.6 Å². The Morgan fingerprint density at radius 2 is 1.82 bits per heavy atom. The van der Waals surface area contributed by atoms with Gasteiger partial charge in [-0.3, -0.25) is 14.2 Å². The number of thiophene rings is 1. The lowest BCUT2D eigenvalue weighted by atomic mass is 10.1. The number of hydrogen-bond donors (Lipinski definition) is 1. The molecule has 5 rings (SSSR count). The first-order valence-electron chi connectivity index (χ1n) is 10.4. The van der Waals surface area contributed by atoms with Crippen molar-refractivity contribution in [2.75, 3.05) is 6.54 Å². The fraction of sp³-hybridized carbons (Fsp3) is 0.120. The summed E-state index contributed by atoms with van der Waals surface area (Å²) in [4.78, 5) is 35.4. The largest absolute Gasteiger partial charge is 0.354 e. The highest BCUT2D eigenvalue weighted by atomic mass is 35.5. The zero-order chi connectivity index (χ0) is 22.8. The van der Waals surface area contributed by atoms with Crippen molar-refractivity contribution in [3.63, 3.8) is 0 Å². The number of hydrogen-bond acceptors (Lipinski definition) is 5. The molecule has 164 valence electrons. The fourth-order valence-corrected chi connectivity index (χ4v) is 4.84. The van der Waals surface area contributed by atoms with Crippen LogP contribution in [0.25, 0.3) is 31.7 Å². The number of carbonyl (C=O) groups is 1. The molecule has 2 aromatic carbocycles. The zero-order valence-electron chi connectivity index (χ0n) is 17.5. The molecule has 1 N–H and O–H groups in total. The van der Waals surface area contributed by atoms with E-state index in [0.717, 1.165) is 27.0 Å². The van der Waals surface area contributed by atoms with Gasteiger partial charge in [0, 0.05) is 22.5 Å². The summed E-state index contributed by atoms with van der Waals surface area (Å²) in [6.45, 7) is 0.388. The van der Waals surface area contributed by atoms with Crippen LogP contribution in [0.2, 0.25) is 5.02 Å². The van der Waals surface area contributed by atoms with Crippen LogP contribution in [-0.2, 0) is 17.8 Å². The molecule has 0 atom stereocenters. The van der Waals surface area contributed by atoms with Gasteiger partial charge in [-0.2, -0.15) is 0 Å². The van der Waals surface area contributed by atoms with Gasteiger partial charge in [0.1, 0.15) is 16.1 Å². The van der Waals surface area contributed by atoms with Crippen LogP contribution in [0.4, 0.5) is 0 Å².